The summed E-state index contributed by atoms with van der Waals surface area (Å²) in [6.07, 6.45) is 4.98. The summed E-state index contributed by atoms with van der Waals surface area (Å²) in [5.74, 6) is 0.326. The number of carbonyl (C=O) groups excluding carboxylic acids is 2. The molecule has 3 heterocycles. The van der Waals surface area contributed by atoms with Gasteiger partial charge < -0.3 is 53.8 Å². The number of phenolic OH excluding ortho intramolecular Hbond substituents is 1. The van der Waals surface area contributed by atoms with E-state index in [0.717, 1.165) is 38.5 Å². The number of rotatable bonds is 12. The van der Waals surface area contributed by atoms with Crippen molar-refractivity contribution < 1.29 is 14.7 Å². The third-order valence-corrected chi connectivity index (χ3v) is 8.89. The van der Waals surface area contributed by atoms with Crippen LogP contribution in [-0.2, 0) is 4.79 Å². The molecule has 0 saturated carbocycles. The number of anilines is 6. The molecule has 1 unspecified atom stereocenters. The highest BCUT2D eigenvalue weighted by atomic mass is 16.3. The molecular formula is C34H50N12O3. The maximum atomic E-state index is 13.0. The maximum absolute atomic E-state index is 13.0. The Morgan fingerprint density at radius 3 is 1.84 bits per heavy atom. The van der Waals surface area contributed by atoms with Gasteiger partial charge in [-0.25, -0.2) is 0 Å². The number of hydrogen-bond donors (Lipinski definition) is 8. The van der Waals surface area contributed by atoms with Gasteiger partial charge >= 0.3 is 0 Å². The lowest BCUT2D eigenvalue weighted by Crippen LogP contribution is -2.54. The zero-order valence-electron chi connectivity index (χ0n) is 28.3. The molecule has 2 saturated heterocycles. The van der Waals surface area contributed by atoms with Crippen LogP contribution >= 0.6 is 0 Å². The monoisotopic (exact) mass is 674 g/mol. The predicted octanol–water partition coefficient (Wildman–Crippen LogP) is 2.46. The number of nitrogens with two attached hydrogens (primary N) is 4. The second kappa shape index (κ2) is 16.2. The molecule has 2 aliphatic rings. The topological polar surface area (TPSA) is 240 Å². The highest BCUT2D eigenvalue weighted by Crippen LogP contribution is 2.27. The Kier molecular flexibility index (Phi) is 11.8. The maximum Gasteiger partial charge on any atom is 0.259 e. The minimum absolute atomic E-state index is 0.0813. The average molecular weight is 675 g/mol. The number of hydrogen-bond acceptors (Lipinski definition) is 13. The van der Waals surface area contributed by atoms with Crippen LogP contribution < -0.4 is 48.7 Å². The van der Waals surface area contributed by atoms with Crippen molar-refractivity contribution in [3.05, 3.63) is 48.0 Å². The number of nitrogens with one attached hydrogen (secondary N) is 3. The first kappa shape index (κ1) is 35.7. The van der Waals surface area contributed by atoms with Crippen LogP contribution in [0.5, 0.6) is 5.75 Å². The van der Waals surface area contributed by atoms with Crippen molar-refractivity contribution in [2.75, 3.05) is 51.9 Å². The molecule has 0 spiro atoms. The zero-order chi connectivity index (χ0) is 35.1. The lowest BCUT2D eigenvalue weighted by atomic mass is 9.98. The van der Waals surface area contributed by atoms with Crippen molar-refractivity contribution in [3.8, 4) is 5.75 Å². The molecule has 5 atom stereocenters. The van der Waals surface area contributed by atoms with E-state index in [1.807, 2.05) is 16.7 Å². The number of aromatic hydroxyl groups is 1. The number of carbonyl (C=O) groups is 2. The van der Waals surface area contributed by atoms with E-state index in [-0.39, 0.29) is 47.3 Å². The van der Waals surface area contributed by atoms with Gasteiger partial charge in [-0.3, -0.25) is 9.59 Å². The lowest BCUT2D eigenvalue weighted by molar-refractivity contribution is -0.120. The van der Waals surface area contributed by atoms with Crippen molar-refractivity contribution in [1.82, 2.24) is 15.0 Å². The van der Waals surface area contributed by atoms with E-state index in [1.165, 1.54) is 12.1 Å². The Labute approximate surface area is 287 Å². The van der Waals surface area contributed by atoms with E-state index >= 15 is 0 Å². The fourth-order valence-corrected chi connectivity index (χ4v) is 6.36. The van der Waals surface area contributed by atoms with Crippen molar-refractivity contribution >= 4 is 46.7 Å². The van der Waals surface area contributed by atoms with E-state index in [4.69, 9.17) is 37.9 Å². The van der Waals surface area contributed by atoms with Crippen molar-refractivity contribution in [1.29, 1.82) is 0 Å². The van der Waals surface area contributed by atoms with E-state index in [0.29, 0.717) is 61.1 Å². The van der Waals surface area contributed by atoms with E-state index < -0.39 is 5.91 Å². The Morgan fingerprint density at radius 2 is 1.33 bits per heavy atom. The number of benzene rings is 2. The van der Waals surface area contributed by atoms with Gasteiger partial charge in [0.05, 0.1) is 5.56 Å². The van der Waals surface area contributed by atoms with Gasteiger partial charge in [0.2, 0.25) is 23.8 Å². The summed E-state index contributed by atoms with van der Waals surface area (Å²) >= 11 is 0. The summed E-state index contributed by atoms with van der Waals surface area (Å²) in [4.78, 5) is 43.8. The van der Waals surface area contributed by atoms with Crippen molar-refractivity contribution in [2.45, 2.75) is 76.5 Å². The number of aromatic nitrogens is 3. The first-order valence-electron chi connectivity index (χ1n) is 17.1. The molecule has 12 N–H and O–H groups in total. The molecule has 0 radical (unpaired) electrons. The van der Waals surface area contributed by atoms with Gasteiger partial charge in [0.25, 0.3) is 5.91 Å². The van der Waals surface area contributed by atoms with Gasteiger partial charge in [0.15, 0.2) is 0 Å². The second-order valence-corrected chi connectivity index (χ2v) is 13.2. The smallest absolute Gasteiger partial charge is 0.259 e. The first-order valence-corrected chi connectivity index (χ1v) is 17.1. The quantitative estimate of drug-likeness (QED) is 0.138. The third-order valence-electron chi connectivity index (χ3n) is 8.89. The van der Waals surface area contributed by atoms with Gasteiger partial charge in [-0.2, -0.15) is 15.0 Å². The van der Waals surface area contributed by atoms with Crippen LogP contribution in [0.2, 0.25) is 0 Å². The number of nitrogens with zero attached hydrogens (tertiary/aromatic N) is 5. The highest BCUT2D eigenvalue weighted by molar-refractivity contribution is 6.06. The number of phenols is 1. The summed E-state index contributed by atoms with van der Waals surface area (Å²) in [5.41, 5.74) is 26.8. The molecule has 264 valence electrons. The molecule has 0 bridgehead atoms. The molecule has 15 nitrogen and oxygen atoms in total. The molecule has 2 aromatic carbocycles. The molecule has 0 aliphatic carbocycles. The number of amides is 2. The van der Waals surface area contributed by atoms with Crippen LogP contribution in [0, 0.1) is 5.92 Å². The predicted molar refractivity (Wildman–Crippen MR) is 193 cm³/mol. The number of unbranched alkanes of at least 4 members (excludes halogenated alkanes) is 1. The van der Waals surface area contributed by atoms with Gasteiger partial charge in [-0.05, 0) is 62.1 Å². The van der Waals surface area contributed by atoms with Crippen molar-refractivity contribution in [2.24, 2.45) is 28.9 Å². The Morgan fingerprint density at radius 1 is 0.796 bits per heavy atom. The minimum Gasteiger partial charge on any atom is -0.507 e. The summed E-state index contributed by atoms with van der Waals surface area (Å²) in [6, 6.07) is 11.1. The molecule has 15 heteroatoms. The third kappa shape index (κ3) is 9.53. The van der Waals surface area contributed by atoms with E-state index in [2.05, 4.69) is 22.9 Å². The van der Waals surface area contributed by atoms with E-state index in [1.54, 1.807) is 30.3 Å². The molecule has 49 heavy (non-hydrogen) atoms. The summed E-state index contributed by atoms with van der Waals surface area (Å²) < 4.78 is 0. The summed E-state index contributed by atoms with van der Waals surface area (Å²) in [7, 11) is 0. The van der Waals surface area contributed by atoms with Gasteiger partial charge in [-0.15, -0.1) is 0 Å². The van der Waals surface area contributed by atoms with Crippen LogP contribution in [0.1, 0.15) is 62.7 Å². The molecule has 5 rings (SSSR count). The molecular weight excluding hydrogens is 624 g/mol. The summed E-state index contributed by atoms with van der Waals surface area (Å²) in [6.45, 7) is 6.34. The molecule has 2 amide bonds. The van der Waals surface area contributed by atoms with Crippen LogP contribution in [0.25, 0.3) is 0 Å². The second-order valence-electron chi connectivity index (χ2n) is 13.2. The fourth-order valence-electron chi connectivity index (χ4n) is 6.36. The largest absolute Gasteiger partial charge is 0.507 e. The Hall–Kier alpha value is -4.57. The molecule has 3 aromatic rings. The number of piperidine rings is 2. The molecule has 1 aromatic heterocycles. The summed E-state index contributed by atoms with van der Waals surface area (Å²) in [5, 5.41) is 19.5. The normalized spacial score (nSPS) is 21.6. The average Bonchev–Trinajstić information content (AvgIpc) is 3.05. The lowest BCUT2D eigenvalue weighted by Gasteiger charge is -2.37. The van der Waals surface area contributed by atoms with Crippen LogP contribution in [-0.4, -0.2) is 82.2 Å². The van der Waals surface area contributed by atoms with Crippen LogP contribution in [0.15, 0.2) is 42.5 Å². The Bertz CT molecular complexity index is 1520. The fraction of sp³-hybridized carbons (Fsp3) is 0.500. The zero-order valence-corrected chi connectivity index (χ0v) is 28.3. The standard InChI is InChI=1S/C34H50N12O3/c1-3-5-6-20(4-2)30(48)40-27-11-12-28(29(47)15-27)31(49)39-25-7-9-26(10-8-25)41-32-42-33(45-16-21(35)13-22(36)17-45)44-34(43-32)46-18-23(37)14-24(38)19-46/h7-12,15,20-24,47H,3-6,13-14,16-19,35-38H2,1-2H3,(H,39,49)(H,40,48)(H,41,42,43,44)/t20?,21-,22+,23-,24+. The highest BCUT2D eigenvalue weighted by Gasteiger charge is 2.29. The van der Waals surface area contributed by atoms with Gasteiger partial charge in [0, 0.05) is 79.4 Å². The van der Waals surface area contributed by atoms with Gasteiger partial charge in [0.1, 0.15) is 5.75 Å². The Balaban J connectivity index is 1.27. The molecule has 2 aliphatic heterocycles. The minimum atomic E-state index is -0.492. The van der Waals surface area contributed by atoms with Crippen LogP contribution in [0.3, 0.4) is 0 Å². The van der Waals surface area contributed by atoms with Crippen LogP contribution in [0.4, 0.5) is 34.9 Å². The molecule has 2 fully saturated rings. The van der Waals surface area contributed by atoms with E-state index in [9.17, 15) is 14.7 Å². The first-order chi connectivity index (χ1) is 23.5. The van der Waals surface area contributed by atoms with Crippen molar-refractivity contribution in [3.63, 3.8) is 0 Å². The van der Waals surface area contributed by atoms with Gasteiger partial charge in [-0.1, -0.05) is 26.7 Å². The SMILES string of the molecule is CCCCC(CC)C(=O)Nc1ccc(C(=O)Nc2ccc(Nc3nc(N4C[C@H](N)C[C@H](N)C4)nc(N4C[C@H](N)C[C@H](N)C4)n3)cc2)c(O)c1.